The molecule has 0 unspecified atom stereocenters. The van der Waals surface area contributed by atoms with Crippen molar-refractivity contribution >= 4 is 28.7 Å². The fourth-order valence-corrected chi connectivity index (χ4v) is 3.01. The molecule has 19 heavy (non-hydrogen) atoms. The second-order valence-electron chi connectivity index (χ2n) is 4.42. The first-order valence-electron chi connectivity index (χ1n) is 5.76. The number of carbonyl (C=O) groups is 2. The molecule has 2 heterocycles. The first-order valence-corrected chi connectivity index (χ1v) is 6.64. The van der Waals surface area contributed by atoms with Crippen molar-refractivity contribution in [3.8, 4) is 0 Å². The third kappa shape index (κ3) is 1.86. The summed E-state index contributed by atoms with van der Waals surface area (Å²) in [6, 6.07) is 6.27. The van der Waals surface area contributed by atoms with E-state index < -0.39 is 17.5 Å². The zero-order valence-electron chi connectivity index (χ0n) is 10.1. The van der Waals surface area contributed by atoms with Gasteiger partial charge in [-0.3, -0.25) is 14.5 Å². The summed E-state index contributed by atoms with van der Waals surface area (Å²) < 4.78 is 13.3. The molecule has 5 heteroatoms. The van der Waals surface area contributed by atoms with Crippen molar-refractivity contribution in [1.82, 2.24) is 0 Å². The fourth-order valence-electron chi connectivity index (χ4n) is 2.32. The highest BCUT2D eigenvalue weighted by Crippen LogP contribution is 2.34. The second kappa shape index (κ2) is 4.28. The summed E-state index contributed by atoms with van der Waals surface area (Å²) >= 11 is 1.52. The Morgan fingerprint density at radius 2 is 2.11 bits per heavy atom. The van der Waals surface area contributed by atoms with Crippen LogP contribution in [0.1, 0.15) is 20.8 Å². The quantitative estimate of drug-likeness (QED) is 0.790. The van der Waals surface area contributed by atoms with Crippen molar-refractivity contribution in [3.63, 3.8) is 0 Å². The fraction of sp³-hybridized carbons (Fsp3) is 0.143. The van der Waals surface area contributed by atoms with E-state index in [0.717, 1.165) is 10.9 Å². The van der Waals surface area contributed by atoms with Crippen molar-refractivity contribution in [1.29, 1.82) is 0 Å². The van der Waals surface area contributed by atoms with Gasteiger partial charge in [0.2, 0.25) is 0 Å². The summed E-state index contributed by atoms with van der Waals surface area (Å²) in [4.78, 5) is 26.3. The van der Waals surface area contributed by atoms with Crippen LogP contribution in [-0.4, -0.2) is 11.7 Å². The van der Waals surface area contributed by atoms with E-state index in [1.54, 1.807) is 6.92 Å². The van der Waals surface area contributed by atoms with Crippen LogP contribution in [0.15, 0.2) is 29.6 Å². The molecule has 1 aromatic carbocycles. The van der Waals surface area contributed by atoms with Gasteiger partial charge < -0.3 is 0 Å². The lowest BCUT2D eigenvalue weighted by molar-refractivity contribution is -0.114. The van der Waals surface area contributed by atoms with Gasteiger partial charge in [-0.05, 0) is 36.1 Å². The van der Waals surface area contributed by atoms with Gasteiger partial charge in [0.25, 0.3) is 11.7 Å². The van der Waals surface area contributed by atoms with E-state index in [1.807, 2.05) is 17.5 Å². The normalized spacial score (nSPS) is 14.1. The Hall–Kier alpha value is -2.01. The van der Waals surface area contributed by atoms with E-state index in [9.17, 15) is 14.0 Å². The van der Waals surface area contributed by atoms with Gasteiger partial charge in [0, 0.05) is 4.88 Å². The van der Waals surface area contributed by atoms with E-state index in [4.69, 9.17) is 0 Å². The lowest BCUT2D eigenvalue weighted by Gasteiger charge is -2.17. The van der Waals surface area contributed by atoms with E-state index in [-0.39, 0.29) is 5.56 Å². The average Bonchev–Trinajstić information content (AvgIpc) is 2.93. The highest BCUT2D eigenvalue weighted by Gasteiger charge is 2.37. The topological polar surface area (TPSA) is 37.4 Å². The lowest BCUT2D eigenvalue weighted by atomic mass is 10.1. The molecule has 0 spiro atoms. The molecule has 0 bridgehead atoms. The van der Waals surface area contributed by atoms with Crippen LogP contribution in [0.3, 0.4) is 0 Å². The van der Waals surface area contributed by atoms with Crippen LogP contribution in [0.5, 0.6) is 0 Å². The van der Waals surface area contributed by atoms with Crippen LogP contribution >= 0.6 is 11.3 Å². The van der Waals surface area contributed by atoms with Gasteiger partial charge in [-0.25, -0.2) is 4.39 Å². The van der Waals surface area contributed by atoms with E-state index in [1.165, 1.54) is 22.3 Å². The number of amides is 1. The zero-order valence-corrected chi connectivity index (χ0v) is 11.0. The van der Waals surface area contributed by atoms with E-state index in [2.05, 4.69) is 0 Å². The summed E-state index contributed by atoms with van der Waals surface area (Å²) in [5.74, 6) is -1.71. The molecule has 0 fully saturated rings. The standard InChI is InChI=1S/C14H10FNO2S/c1-8-5-9(15)6-11-12(8)16(14(18)13(11)17)7-10-3-2-4-19-10/h2-6H,7H2,1H3. The van der Waals surface area contributed by atoms with Gasteiger partial charge >= 0.3 is 0 Å². The van der Waals surface area contributed by atoms with E-state index in [0.29, 0.717) is 17.8 Å². The minimum atomic E-state index is -0.630. The number of carbonyl (C=O) groups excluding carboxylic acids is 2. The average molecular weight is 275 g/mol. The Morgan fingerprint density at radius 3 is 2.79 bits per heavy atom. The third-order valence-corrected chi connectivity index (χ3v) is 3.97. The minimum absolute atomic E-state index is 0.166. The number of nitrogens with zero attached hydrogens (tertiary/aromatic N) is 1. The Bertz CT molecular complexity index is 679. The summed E-state index contributed by atoms with van der Waals surface area (Å²) in [7, 11) is 0. The van der Waals surface area contributed by atoms with Gasteiger partial charge in [-0.2, -0.15) is 0 Å². The van der Waals surface area contributed by atoms with Gasteiger partial charge in [0.05, 0.1) is 17.8 Å². The molecule has 0 saturated heterocycles. The van der Waals surface area contributed by atoms with Gasteiger partial charge in [0.15, 0.2) is 0 Å². The zero-order chi connectivity index (χ0) is 13.6. The monoisotopic (exact) mass is 275 g/mol. The number of fused-ring (bicyclic) bond motifs is 1. The van der Waals surface area contributed by atoms with Crippen molar-refractivity contribution in [2.24, 2.45) is 0 Å². The van der Waals surface area contributed by atoms with Crippen LogP contribution in [0.4, 0.5) is 10.1 Å². The predicted octanol–water partition coefficient (Wildman–Crippen LogP) is 2.93. The van der Waals surface area contributed by atoms with Crippen molar-refractivity contribution in [3.05, 3.63) is 51.5 Å². The number of hydrogen-bond donors (Lipinski definition) is 0. The van der Waals surface area contributed by atoms with Crippen LogP contribution in [0.2, 0.25) is 0 Å². The summed E-state index contributed by atoms with van der Waals surface area (Å²) in [6.45, 7) is 2.05. The third-order valence-electron chi connectivity index (χ3n) is 3.11. The molecule has 0 aliphatic carbocycles. The Kier molecular flexibility index (Phi) is 2.71. The molecule has 96 valence electrons. The van der Waals surface area contributed by atoms with Crippen LogP contribution in [0.25, 0.3) is 0 Å². The Balaban J connectivity index is 2.09. The highest BCUT2D eigenvalue weighted by molar-refractivity contribution is 7.09. The second-order valence-corrected chi connectivity index (χ2v) is 5.45. The molecule has 0 radical (unpaired) electrons. The number of aryl methyl sites for hydroxylation is 1. The minimum Gasteiger partial charge on any atom is -0.299 e. The molecular weight excluding hydrogens is 265 g/mol. The summed E-state index contributed by atoms with van der Waals surface area (Å²) in [5, 5.41) is 1.91. The smallest absolute Gasteiger partial charge is 0.299 e. The number of anilines is 1. The van der Waals surface area contributed by atoms with Crippen LogP contribution in [-0.2, 0) is 11.3 Å². The number of Topliss-reactive ketones (excluding diaryl/α,β-unsaturated/α-hetero) is 1. The molecule has 1 aliphatic rings. The maximum absolute atomic E-state index is 13.3. The van der Waals surface area contributed by atoms with E-state index >= 15 is 0 Å². The molecule has 1 aliphatic heterocycles. The van der Waals surface area contributed by atoms with Gasteiger partial charge in [-0.15, -0.1) is 11.3 Å². The maximum Gasteiger partial charge on any atom is 0.299 e. The summed E-state index contributed by atoms with van der Waals surface area (Å²) in [6.07, 6.45) is 0. The van der Waals surface area contributed by atoms with Crippen molar-refractivity contribution in [2.75, 3.05) is 4.90 Å². The van der Waals surface area contributed by atoms with Gasteiger partial charge in [0.1, 0.15) is 5.82 Å². The molecule has 0 saturated carbocycles. The Morgan fingerprint density at radius 1 is 1.32 bits per heavy atom. The first kappa shape index (κ1) is 12.0. The summed E-state index contributed by atoms with van der Waals surface area (Å²) in [5.41, 5.74) is 1.30. The maximum atomic E-state index is 13.3. The number of halogens is 1. The predicted molar refractivity (Wildman–Crippen MR) is 71.0 cm³/mol. The first-order chi connectivity index (χ1) is 9.08. The van der Waals surface area contributed by atoms with Crippen LogP contribution in [0, 0.1) is 12.7 Å². The molecule has 1 aromatic heterocycles. The molecule has 0 N–H and O–H groups in total. The van der Waals surface area contributed by atoms with Crippen molar-refractivity contribution in [2.45, 2.75) is 13.5 Å². The lowest BCUT2D eigenvalue weighted by Crippen LogP contribution is -2.29. The molecule has 0 atom stereocenters. The molecule has 3 nitrogen and oxygen atoms in total. The molecular formula is C14H10FNO2S. The van der Waals surface area contributed by atoms with Crippen molar-refractivity contribution < 1.29 is 14.0 Å². The largest absolute Gasteiger partial charge is 0.299 e. The number of hydrogen-bond acceptors (Lipinski definition) is 3. The highest BCUT2D eigenvalue weighted by atomic mass is 32.1. The number of benzene rings is 1. The number of thiophene rings is 1. The molecule has 2 aromatic rings. The Labute approximate surface area is 113 Å². The van der Waals surface area contributed by atoms with Crippen LogP contribution < -0.4 is 4.90 Å². The number of rotatable bonds is 2. The SMILES string of the molecule is Cc1cc(F)cc2c1N(Cc1cccs1)C(=O)C2=O. The van der Waals surface area contributed by atoms with Gasteiger partial charge in [-0.1, -0.05) is 6.07 Å². The molecule has 3 rings (SSSR count). The number of ketones is 1. The molecule has 1 amide bonds.